The van der Waals surface area contributed by atoms with E-state index in [1.165, 1.54) is 0 Å². The van der Waals surface area contributed by atoms with Crippen LogP contribution in [-0.2, 0) is 9.47 Å². The Morgan fingerprint density at radius 1 is 1.29 bits per heavy atom. The van der Waals surface area contributed by atoms with Crippen LogP contribution in [0.5, 0.6) is 0 Å². The van der Waals surface area contributed by atoms with Crippen molar-refractivity contribution in [2.75, 3.05) is 47.1 Å². The van der Waals surface area contributed by atoms with Gasteiger partial charge in [0, 0.05) is 32.9 Å². The quantitative estimate of drug-likeness (QED) is 0.552. The van der Waals surface area contributed by atoms with E-state index in [9.17, 15) is 0 Å². The first-order valence-corrected chi connectivity index (χ1v) is 5.10. The molecule has 0 aromatic carbocycles. The summed E-state index contributed by atoms with van der Waals surface area (Å²) in [6.07, 6.45) is 0.940. The summed E-state index contributed by atoms with van der Waals surface area (Å²) in [7, 11) is 3.68. The fourth-order valence-corrected chi connectivity index (χ4v) is 0.976. The molecule has 4 nitrogen and oxygen atoms in total. The van der Waals surface area contributed by atoms with Gasteiger partial charge in [-0.2, -0.15) is 0 Å². The van der Waals surface area contributed by atoms with Gasteiger partial charge in [-0.1, -0.05) is 0 Å². The average molecular weight is 205 g/mol. The van der Waals surface area contributed by atoms with Crippen LogP contribution in [0.1, 0.15) is 13.3 Å². The van der Waals surface area contributed by atoms with Gasteiger partial charge >= 0.3 is 0 Å². The number of hydrogen-bond donors (Lipinski definition) is 1. The topological polar surface area (TPSA) is 41.9 Å². The Kier molecular flexibility index (Phi) is 9.29. The predicted octanol–water partition coefficient (Wildman–Crippen LogP) is 0.352. The highest BCUT2D eigenvalue weighted by Gasteiger charge is 2.06. The Hall–Kier alpha value is -0.160. The van der Waals surface area contributed by atoms with E-state index in [1.54, 1.807) is 7.11 Å². The average Bonchev–Trinajstić information content (AvgIpc) is 2.21. The Bertz CT molecular complexity index is 122. The van der Waals surface area contributed by atoms with Crippen molar-refractivity contribution in [1.29, 1.82) is 0 Å². The Balaban J connectivity index is 3.18. The third kappa shape index (κ3) is 7.26. The number of likely N-dealkylation sites (N-methyl/N-ethyl adjacent to an activating group) is 1. The van der Waals surface area contributed by atoms with Crippen LogP contribution >= 0.6 is 0 Å². The molecule has 4 heteroatoms. The van der Waals surface area contributed by atoms with Crippen molar-refractivity contribution >= 4 is 0 Å². The molecule has 1 N–H and O–H groups in total. The molecule has 0 heterocycles. The van der Waals surface area contributed by atoms with Gasteiger partial charge in [-0.25, -0.2) is 0 Å². The molecule has 14 heavy (non-hydrogen) atoms. The Morgan fingerprint density at radius 2 is 2.00 bits per heavy atom. The van der Waals surface area contributed by atoms with Crippen LogP contribution in [0.2, 0.25) is 0 Å². The summed E-state index contributed by atoms with van der Waals surface area (Å²) < 4.78 is 10.3. The fourth-order valence-electron chi connectivity index (χ4n) is 0.976. The van der Waals surface area contributed by atoms with E-state index in [0.717, 1.165) is 26.2 Å². The van der Waals surface area contributed by atoms with E-state index in [2.05, 4.69) is 4.90 Å². The van der Waals surface area contributed by atoms with Crippen molar-refractivity contribution in [3.05, 3.63) is 0 Å². The van der Waals surface area contributed by atoms with Crippen LogP contribution < -0.4 is 0 Å². The molecule has 0 aromatic rings. The summed E-state index contributed by atoms with van der Waals surface area (Å²) in [4.78, 5) is 2.08. The number of aliphatic hydroxyl groups is 1. The molecule has 0 aromatic heterocycles. The van der Waals surface area contributed by atoms with E-state index >= 15 is 0 Å². The van der Waals surface area contributed by atoms with Crippen molar-refractivity contribution in [2.24, 2.45) is 0 Å². The number of rotatable bonds is 9. The molecule has 0 amide bonds. The predicted molar refractivity (Wildman–Crippen MR) is 56.5 cm³/mol. The zero-order valence-corrected chi connectivity index (χ0v) is 9.53. The minimum Gasteiger partial charge on any atom is -0.395 e. The lowest BCUT2D eigenvalue weighted by molar-refractivity contribution is 0.0727. The zero-order chi connectivity index (χ0) is 10.8. The van der Waals surface area contributed by atoms with Crippen LogP contribution in [-0.4, -0.2) is 63.2 Å². The van der Waals surface area contributed by atoms with E-state index in [1.807, 2.05) is 14.0 Å². The molecular formula is C10H23NO3. The van der Waals surface area contributed by atoms with Gasteiger partial charge < -0.3 is 14.6 Å². The molecule has 0 radical (unpaired) electrons. The van der Waals surface area contributed by atoms with Gasteiger partial charge in [0.2, 0.25) is 0 Å². The number of aliphatic hydroxyl groups excluding tert-OH is 1. The summed E-state index contributed by atoms with van der Waals surface area (Å²) in [5.41, 5.74) is 0. The van der Waals surface area contributed by atoms with Crippen LogP contribution in [0.15, 0.2) is 0 Å². The zero-order valence-electron chi connectivity index (χ0n) is 9.53. The minimum atomic E-state index is 0.195. The summed E-state index contributed by atoms with van der Waals surface area (Å²) in [6.45, 7) is 5.25. The van der Waals surface area contributed by atoms with Gasteiger partial charge in [-0.3, -0.25) is 4.90 Å². The van der Waals surface area contributed by atoms with Crippen molar-refractivity contribution in [3.63, 3.8) is 0 Å². The first-order valence-electron chi connectivity index (χ1n) is 5.10. The van der Waals surface area contributed by atoms with E-state index in [-0.39, 0.29) is 12.6 Å². The number of methoxy groups -OCH3 is 1. The minimum absolute atomic E-state index is 0.195. The molecule has 0 bridgehead atoms. The van der Waals surface area contributed by atoms with Gasteiger partial charge in [0.05, 0.1) is 13.2 Å². The molecule has 0 aliphatic heterocycles. The maximum absolute atomic E-state index is 8.88. The van der Waals surface area contributed by atoms with Gasteiger partial charge in [-0.05, 0) is 20.4 Å². The highest BCUT2D eigenvalue weighted by molar-refractivity contribution is 4.60. The maximum Gasteiger partial charge on any atom is 0.0593 e. The lowest BCUT2D eigenvalue weighted by atomic mass is 10.3. The maximum atomic E-state index is 8.88. The largest absolute Gasteiger partial charge is 0.395 e. The van der Waals surface area contributed by atoms with Gasteiger partial charge in [0.25, 0.3) is 0 Å². The smallest absolute Gasteiger partial charge is 0.0593 e. The highest BCUT2D eigenvalue weighted by Crippen LogP contribution is 1.93. The molecule has 0 rings (SSSR count). The van der Waals surface area contributed by atoms with Gasteiger partial charge in [0.15, 0.2) is 0 Å². The first kappa shape index (κ1) is 13.8. The number of hydrogen-bond acceptors (Lipinski definition) is 4. The SMILES string of the molecule is COCCCOCCN(C)C(C)CO. The van der Waals surface area contributed by atoms with Crippen molar-refractivity contribution < 1.29 is 14.6 Å². The van der Waals surface area contributed by atoms with Crippen LogP contribution in [0.4, 0.5) is 0 Å². The molecule has 1 unspecified atom stereocenters. The molecule has 1 atom stereocenters. The summed E-state index contributed by atoms with van der Waals surface area (Å²) in [5.74, 6) is 0. The van der Waals surface area contributed by atoms with E-state index in [0.29, 0.717) is 6.61 Å². The van der Waals surface area contributed by atoms with Crippen molar-refractivity contribution in [3.8, 4) is 0 Å². The first-order chi connectivity index (χ1) is 6.72. The van der Waals surface area contributed by atoms with Crippen LogP contribution in [0, 0.1) is 0 Å². The Morgan fingerprint density at radius 3 is 2.57 bits per heavy atom. The fraction of sp³-hybridized carbons (Fsp3) is 1.00. The normalized spacial score (nSPS) is 13.5. The molecule has 0 spiro atoms. The Labute approximate surface area is 86.8 Å². The lowest BCUT2D eigenvalue weighted by Crippen LogP contribution is -2.34. The van der Waals surface area contributed by atoms with Crippen LogP contribution in [0.25, 0.3) is 0 Å². The van der Waals surface area contributed by atoms with Gasteiger partial charge in [-0.15, -0.1) is 0 Å². The second-order valence-corrected chi connectivity index (χ2v) is 3.47. The monoisotopic (exact) mass is 205 g/mol. The molecule has 0 aliphatic rings. The second kappa shape index (κ2) is 9.40. The molecule has 0 saturated carbocycles. The number of nitrogens with zero attached hydrogens (tertiary/aromatic N) is 1. The molecular weight excluding hydrogens is 182 g/mol. The second-order valence-electron chi connectivity index (χ2n) is 3.47. The van der Waals surface area contributed by atoms with Crippen LogP contribution in [0.3, 0.4) is 0 Å². The van der Waals surface area contributed by atoms with E-state index < -0.39 is 0 Å². The molecule has 0 fully saturated rings. The summed E-state index contributed by atoms with van der Waals surface area (Å²) in [6, 6.07) is 0.206. The molecule has 86 valence electrons. The third-order valence-electron chi connectivity index (χ3n) is 2.24. The van der Waals surface area contributed by atoms with Crippen molar-refractivity contribution in [2.45, 2.75) is 19.4 Å². The third-order valence-corrected chi connectivity index (χ3v) is 2.24. The molecule has 0 saturated heterocycles. The summed E-state index contributed by atoms with van der Waals surface area (Å²) in [5, 5.41) is 8.88. The standard InChI is InChI=1S/C10H23NO3/c1-10(9-12)11(2)5-8-14-7-4-6-13-3/h10,12H,4-9H2,1-3H3. The summed E-state index contributed by atoms with van der Waals surface area (Å²) >= 11 is 0. The lowest BCUT2D eigenvalue weighted by Gasteiger charge is -2.22. The van der Waals surface area contributed by atoms with Crippen molar-refractivity contribution in [1.82, 2.24) is 4.90 Å². The van der Waals surface area contributed by atoms with Gasteiger partial charge in [0.1, 0.15) is 0 Å². The molecule has 0 aliphatic carbocycles. The highest BCUT2D eigenvalue weighted by atomic mass is 16.5. The van der Waals surface area contributed by atoms with E-state index in [4.69, 9.17) is 14.6 Å². The number of ether oxygens (including phenoxy) is 2.